The normalized spacial score (nSPS) is 12.2. The Labute approximate surface area is 158 Å². The van der Waals surface area contributed by atoms with Gasteiger partial charge in [0.25, 0.3) is 0 Å². The molecule has 0 saturated carbocycles. The van der Waals surface area contributed by atoms with Crippen LogP contribution >= 0.6 is 11.3 Å². The van der Waals surface area contributed by atoms with E-state index in [2.05, 4.69) is 54.6 Å². The fourth-order valence-corrected chi connectivity index (χ4v) is 3.51. The number of nitrogens with zero attached hydrogens (tertiary/aromatic N) is 3. The van der Waals surface area contributed by atoms with Crippen molar-refractivity contribution >= 4 is 17.6 Å². The number of thiazole rings is 1. The molecule has 4 nitrogen and oxygen atoms in total. The van der Waals surface area contributed by atoms with E-state index in [4.69, 9.17) is 9.84 Å². The molecule has 0 radical (unpaired) electrons. The predicted molar refractivity (Wildman–Crippen MR) is 109 cm³/mol. The zero-order chi connectivity index (χ0) is 18.4. The van der Waals surface area contributed by atoms with Crippen LogP contribution in [-0.4, -0.2) is 31.2 Å². The van der Waals surface area contributed by atoms with Gasteiger partial charge in [0.2, 0.25) is 4.80 Å². The molecule has 0 atom stereocenters. The molecule has 5 heteroatoms. The highest BCUT2D eigenvalue weighted by Crippen LogP contribution is 2.19. The second-order valence-electron chi connectivity index (χ2n) is 6.06. The Morgan fingerprint density at radius 2 is 1.92 bits per heavy atom. The van der Waals surface area contributed by atoms with Gasteiger partial charge in [-0.2, -0.15) is 5.10 Å². The van der Waals surface area contributed by atoms with Crippen molar-refractivity contribution in [2.75, 3.05) is 20.3 Å². The summed E-state index contributed by atoms with van der Waals surface area (Å²) in [5.41, 5.74) is 5.73. The molecular formula is C21H23N3OS. The van der Waals surface area contributed by atoms with Crippen LogP contribution in [0.15, 0.2) is 64.0 Å². The van der Waals surface area contributed by atoms with Gasteiger partial charge in [-0.3, -0.25) is 4.99 Å². The summed E-state index contributed by atoms with van der Waals surface area (Å²) in [7, 11) is 1.69. The van der Waals surface area contributed by atoms with Crippen LogP contribution in [-0.2, 0) is 4.74 Å². The summed E-state index contributed by atoms with van der Waals surface area (Å²) in [6.45, 7) is 5.42. The first-order chi connectivity index (χ1) is 12.7. The molecule has 3 rings (SSSR count). The summed E-state index contributed by atoms with van der Waals surface area (Å²) in [4.78, 5) is 5.50. The highest BCUT2D eigenvalue weighted by Gasteiger charge is 2.07. The van der Waals surface area contributed by atoms with Crippen LogP contribution < -0.4 is 4.80 Å². The van der Waals surface area contributed by atoms with E-state index in [0.29, 0.717) is 13.2 Å². The van der Waals surface area contributed by atoms with E-state index in [0.717, 1.165) is 21.6 Å². The summed E-state index contributed by atoms with van der Waals surface area (Å²) in [6, 6.07) is 16.6. The highest BCUT2D eigenvalue weighted by atomic mass is 32.1. The molecule has 0 saturated heterocycles. The summed E-state index contributed by atoms with van der Waals surface area (Å²) >= 11 is 1.59. The molecule has 2 aromatic carbocycles. The smallest absolute Gasteiger partial charge is 0.206 e. The standard InChI is InChI=1S/C21H23N3OS/c1-16-9-10-19(17(2)13-16)14-23-24-20(18-7-5-4-6-8-18)15-26-21(24)22-11-12-25-3/h4-10,13-15H,11-12H2,1-3H3/b22-21?,23-14-. The summed E-state index contributed by atoms with van der Waals surface area (Å²) in [5.74, 6) is 0. The third kappa shape index (κ3) is 4.36. The summed E-state index contributed by atoms with van der Waals surface area (Å²) < 4.78 is 7.03. The van der Waals surface area contributed by atoms with E-state index in [-0.39, 0.29) is 0 Å². The molecule has 3 aromatic rings. The van der Waals surface area contributed by atoms with Crippen molar-refractivity contribution in [3.63, 3.8) is 0 Å². The molecule has 26 heavy (non-hydrogen) atoms. The lowest BCUT2D eigenvalue weighted by atomic mass is 10.1. The van der Waals surface area contributed by atoms with Gasteiger partial charge in [-0.05, 0) is 25.0 Å². The van der Waals surface area contributed by atoms with Crippen molar-refractivity contribution < 1.29 is 4.74 Å². The van der Waals surface area contributed by atoms with E-state index < -0.39 is 0 Å². The monoisotopic (exact) mass is 365 g/mol. The molecule has 0 amide bonds. The number of methoxy groups -OCH3 is 1. The van der Waals surface area contributed by atoms with Gasteiger partial charge in [-0.1, -0.05) is 54.1 Å². The predicted octanol–water partition coefficient (Wildman–Crippen LogP) is 4.26. The van der Waals surface area contributed by atoms with Gasteiger partial charge in [0.1, 0.15) is 0 Å². The molecule has 0 aliphatic heterocycles. The Kier molecular flexibility index (Phi) is 6.15. The Hall–Kier alpha value is -2.50. The van der Waals surface area contributed by atoms with E-state index in [1.807, 2.05) is 29.1 Å². The van der Waals surface area contributed by atoms with Gasteiger partial charge in [0.05, 0.1) is 25.1 Å². The quantitative estimate of drug-likeness (QED) is 0.475. The average Bonchev–Trinajstić information content (AvgIpc) is 3.05. The molecule has 0 spiro atoms. The lowest BCUT2D eigenvalue weighted by molar-refractivity contribution is 0.207. The van der Waals surface area contributed by atoms with Gasteiger partial charge < -0.3 is 4.74 Å². The Balaban J connectivity index is 2.03. The largest absolute Gasteiger partial charge is 0.383 e. The second kappa shape index (κ2) is 8.74. The van der Waals surface area contributed by atoms with E-state index in [9.17, 15) is 0 Å². The van der Waals surface area contributed by atoms with Crippen molar-refractivity contribution in [1.29, 1.82) is 0 Å². The molecule has 0 aliphatic rings. The topological polar surface area (TPSA) is 38.9 Å². The summed E-state index contributed by atoms with van der Waals surface area (Å²) in [6.07, 6.45) is 1.91. The number of aromatic nitrogens is 1. The van der Waals surface area contributed by atoms with E-state index in [1.165, 1.54) is 11.1 Å². The third-order valence-corrected chi connectivity index (χ3v) is 4.89. The minimum atomic E-state index is 0.597. The molecule has 0 aliphatic carbocycles. The third-order valence-electron chi connectivity index (χ3n) is 4.03. The van der Waals surface area contributed by atoms with Gasteiger partial charge in [-0.25, -0.2) is 4.68 Å². The molecule has 0 bridgehead atoms. The van der Waals surface area contributed by atoms with Crippen LogP contribution in [0.2, 0.25) is 0 Å². The SMILES string of the molecule is COCCN=c1scc(-c2ccccc2)n1/N=C\c1ccc(C)cc1C. The average molecular weight is 366 g/mol. The summed E-state index contributed by atoms with van der Waals surface area (Å²) in [5, 5.41) is 6.85. The number of aryl methyl sites for hydroxylation is 2. The Bertz CT molecular complexity index is 955. The van der Waals surface area contributed by atoms with E-state index in [1.54, 1.807) is 18.4 Å². The first-order valence-corrected chi connectivity index (χ1v) is 9.44. The molecule has 134 valence electrons. The number of ether oxygens (including phenoxy) is 1. The van der Waals surface area contributed by atoms with Crippen LogP contribution in [0.3, 0.4) is 0 Å². The number of benzene rings is 2. The van der Waals surface area contributed by atoms with Gasteiger partial charge in [-0.15, -0.1) is 11.3 Å². The van der Waals surface area contributed by atoms with Gasteiger partial charge in [0.15, 0.2) is 0 Å². The highest BCUT2D eigenvalue weighted by molar-refractivity contribution is 7.07. The van der Waals surface area contributed by atoms with Crippen LogP contribution in [0.4, 0.5) is 0 Å². The van der Waals surface area contributed by atoms with Crippen molar-refractivity contribution in [2.45, 2.75) is 13.8 Å². The van der Waals surface area contributed by atoms with Crippen molar-refractivity contribution in [3.05, 3.63) is 75.4 Å². The Morgan fingerprint density at radius 1 is 1.12 bits per heavy atom. The van der Waals surface area contributed by atoms with E-state index >= 15 is 0 Å². The van der Waals surface area contributed by atoms with Crippen molar-refractivity contribution in [2.24, 2.45) is 10.1 Å². The minimum absolute atomic E-state index is 0.597. The maximum atomic E-state index is 5.11. The first-order valence-electron chi connectivity index (χ1n) is 8.56. The minimum Gasteiger partial charge on any atom is -0.383 e. The Morgan fingerprint density at radius 3 is 2.65 bits per heavy atom. The van der Waals surface area contributed by atoms with Crippen LogP contribution in [0.5, 0.6) is 0 Å². The van der Waals surface area contributed by atoms with Crippen molar-refractivity contribution in [1.82, 2.24) is 4.68 Å². The molecule has 1 aromatic heterocycles. The second-order valence-corrected chi connectivity index (χ2v) is 6.90. The lowest BCUT2D eigenvalue weighted by Crippen LogP contribution is -2.13. The fraction of sp³-hybridized carbons (Fsp3) is 0.238. The number of rotatable bonds is 6. The molecular weight excluding hydrogens is 342 g/mol. The maximum absolute atomic E-state index is 5.11. The molecule has 1 heterocycles. The van der Waals surface area contributed by atoms with Gasteiger partial charge >= 0.3 is 0 Å². The van der Waals surface area contributed by atoms with Crippen LogP contribution in [0.25, 0.3) is 11.3 Å². The lowest BCUT2D eigenvalue weighted by Gasteiger charge is -2.05. The van der Waals surface area contributed by atoms with Gasteiger partial charge in [0, 0.05) is 18.1 Å². The zero-order valence-corrected chi connectivity index (χ0v) is 16.2. The van der Waals surface area contributed by atoms with Crippen LogP contribution in [0.1, 0.15) is 16.7 Å². The number of hydrogen-bond donors (Lipinski definition) is 0. The molecule has 0 fully saturated rings. The van der Waals surface area contributed by atoms with Crippen molar-refractivity contribution in [3.8, 4) is 11.3 Å². The zero-order valence-electron chi connectivity index (χ0n) is 15.3. The fourth-order valence-electron chi connectivity index (χ4n) is 2.65. The maximum Gasteiger partial charge on any atom is 0.206 e. The molecule has 0 unspecified atom stereocenters. The molecule has 0 N–H and O–H groups in total. The number of hydrogen-bond acceptors (Lipinski definition) is 4. The van der Waals surface area contributed by atoms with Crippen LogP contribution in [0, 0.1) is 13.8 Å². The first kappa shape index (κ1) is 18.3.